The van der Waals surface area contributed by atoms with Crippen molar-refractivity contribution in [1.29, 1.82) is 0 Å². The number of hydrogen-bond acceptors (Lipinski definition) is 5. The summed E-state index contributed by atoms with van der Waals surface area (Å²) in [4.78, 5) is 13.5. The summed E-state index contributed by atoms with van der Waals surface area (Å²) >= 11 is 0. The topological polar surface area (TPSA) is 62.7 Å². The van der Waals surface area contributed by atoms with E-state index in [1.54, 1.807) is 12.4 Å². The number of pyridine rings is 1. The molecule has 0 unspecified atom stereocenters. The molecule has 1 aromatic carbocycles. The van der Waals surface area contributed by atoms with E-state index in [4.69, 9.17) is 9.97 Å². The van der Waals surface area contributed by atoms with Gasteiger partial charge in [0.15, 0.2) is 0 Å². The minimum Gasteiger partial charge on any atom is -0.352 e. The number of benzene rings is 1. The van der Waals surface area contributed by atoms with Crippen LogP contribution in [0.4, 0.5) is 17.5 Å². The van der Waals surface area contributed by atoms with Gasteiger partial charge in [-0.15, -0.1) is 0 Å². The molecule has 0 saturated heterocycles. The number of aromatic nitrogens is 3. The van der Waals surface area contributed by atoms with Gasteiger partial charge in [-0.1, -0.05) is 32.0 Å². The van der Waals surface area contributed by atoms with E-state index >= 15 is 0 Å². The molecule has 3 aromatic rings. The quantitative estimate of drug-likeness (QED) is 0.593. The molecular formula is C22H27N5. The molecule has 2 heterocycles. The summed E-state index contributed by atoms with van der Waals surface area (Å²) in [6, 6.07) is 12.6. The standard InChI is InChI=1S/C22H27N5/c1-5-16(4)24-22-25-19(18-10-12-23-13-11-18)14-20(27-22)26-21-15(3)8-7-9-17(21)6-2/h7-14,16H,5-6H2,1-4H3,(H2,24,25,26,27)/t16-/m0/s1. The zero-order chi connectivity index (χ0) is 19.2. The SMILES string of the molecule is CCc1cccc(C)c1Nc1cc(-c2ccncc2)nc(N[C@@H](C)CC)n1. The molecule has 5 heteroatoms. The Morgan fingerprint density at radius 2 is 1.81 bits per heavy atom. The number of nitrogens with zero attached hydrogens (tertiary/aromatic N) is 3. The van der Waals surface area contributed by atoms with Gasteiger partial charge in [-0.25, -0.2) is 4.98 Å². The lowest BCUT2D eigenvalue weighted by Crippen LogP contribution is -2.16. The van der Waals surface area contributed by atoms with E-state index in [1.165, 1.54) is 11.1 Å². The third-order valence-electron chi connectivity index (χ3n) is 4.68. The molecule has 0 bridgehead atoms. The first-order valence-electron chi connectivity index (χ1n) is 9.52. The highest BCUT2D eigenvalue weighted by molar-refractivity contribution is 5.70. The van der Waals surface area contributed by atoms with Gasteiger partial charge in [0.05, 0.1) is 5.69 Å². The molecule has 0 aliphatic carbocycles. The van der Waals surface area contributed by atoms with Gasteiger partial charge in [0, 0.05) is 35.8 Å². The molecule has 2 N–H and O–H groups in total. The summed E-state index contributed by atoms with van der Waals surface area (Å²) in [6.07, 6.45) is 5.53. The van der Waals surface area contributed by atoms with Gasteiger partial charge >= 0.3 is 0 Å². The predicted octanol–water partition coefficient (Wildman–Crippen LogP) is 5.36. The van der Waals surface area contributed by atoms with E-state index in [0.717, 1.165) is 35.6 Å². The van der Waals surface area contributed by atoms with Crippen molar-refractivity contribution < 1.29 is 0 Å². The molecule has 0 saturated carbocycles. The Labute approximate surface area is 161 Å². The second-order valence-electron chi connectivity index (χ2n) is 6.74. The van der Waals surface area contributed by atoms with E-state index in [9.17, 15) is 0 Å². The van der Waals surface area contributed by atoms with Crippen LogP contribution in [0.15, 0.2) is 48.8 Å². The van der Waals surface area contributed by atoms with E-state index < -0.39 is 0 Å². The van der Waals surface area contributed by atoms with Crippen molar-refractivity contribution in [1.82, 2.24) is 15.0 Å². The van der Waals surface area contributed by atoms with Crippen LogP contribution in [-0.4, -0.2) is 21.0 Å². The summed E-state index contributed by atoms with van der Waals surface area (Å²) in [6.45, 7) is 8.56. The third-order valence-corrected chi connectivity index (χ3v) is 4.68. The summed E-state index contributed by atoms with van der Waals surface area (Å²) < 4.78 is 0. The van der Waals surface area contributed by atoms with Crippen molar-refractivity contribution >= 4 is 17.5 Å². The second-order valence-corrected chi connectivity index (χ2v) is 6.74. The summed E-state index contributed by atoms with van der Waals surface area (Å²) in [5, 5.41) is 6.92. The Morgan fingerprint density at radius 1 is 1.04 bits per heavy atom. The summed E-state index contributed by atoms with van der Waals surface area (Å²) in [7, 11) is 0. The molecule has 3 rings (SSSR count). The molecule has 2 aromatic heterocycles. The van der Waals surface area contributed by atoms with Crippen LogP contribution in [-0.2, 0) is 6.42 Å². The zero-order valence-corrected chi connectivity index (χ0v) is 16.5. The van der Waals surface area contributed by atoms with E-state index in [0.29, 0.717) is 12.0 Å². The van der Waals surface area contributed by atoms with Crippen molar-refractivity contribution in [3.05, 3.63) is 59.9 Å². The van der Waals surface area contributed by atoms with E-state index in [-0.39, 0.29) is 0 Å². The van der Waals surface area contributed by atoms with Gasteiger partial charge in [-0.05, 0) is 49.9 Å². The van der Waals surface area contributed by atoms with Gasteiger partial charge in [0.25, 0.3) is 0 Å². The lowest BCUT2D eigenvalue weighted by molar-refractivity contribution is 0.753. The van der Waals surface area contributed by atoms with Crippen LogP contribution in [0.2, 0.25) is 0 Å². The third kappa shape index (κ3) is 4.61. The second kappa shape index (κ2) is 8.62. The first-order chi connectivity index (χ1) is 13.1. The highest BCUT2D eigenvalue weighted by Crippen LogP contribution is 2.27. The molecule has 1 atom stereocenters. The fraction of sp³-hybridized carbons (Fsp3) is 0.318. The van der Waals surface area contributed by atoms with E-state index in [2.05, 4.69) is 61.5 Å². The Hall–Kier alpha value is -2.95. The molecule has 27 heavy (non-hydrogen) atoms. The van der Waals surface area contributed by atoms with Crippen molar-refractivity contribution in [2.75, 3.05) is 10.6 Å². The van der Waals surface area contributed by atoms with Gasteiger partial charge in [-0.2, -0.15) is 4.98 Å². The van der Waals surface area contributed by atoms with Crippen LogP contribution in [0.25, 0.3) is 11.3 Å². The number of para-hydroxylation sites is 1. The molecule has 0 aliphatic rings. The first kappa shape index (κ1) is 18.8. The normalized spacial score (nSPS) is 11.9. The van der Waals surface area contributed by atoms with Crippen LogP contribution < -0.4 is 10.6 Å². The van der Waals surface area contributed by atoms with E-state index in [1.807, 2.05) is 18.2 Å². The van der Waals surface area contributed by atoms with Crippen molar-refractivity contribution in [2.24, 2.45) is 0 Å². The summed E-state index contributed by atoms with van der Waals surface area (Å²) in [5.74, 6) is 1.42. The molecule has 140 valence electrons. The number of rotatable bonds is 7. The van der Waals surface area contributed by atoms with Crippen LogP contribution in [0.5, 0.6) is 0 Å². The average Bonchev–Trinajstić information content (AvgIpc) is 2.70. The van der Waals surface area contributed by atoms with Crippen LogP contribution in [0.3, 0.4) is 0 Å². The van der Waals surface area contributed by atoms with Gasteiger partial charge in [0.2, 0.25) is 5.95 Å². The van der Waals surface area contributed by atoms with Crippen molar-refractivity contribution in [3.63, 3.8) is 0 Å². The Balaban J connectivity index is 2.03. The minimum absolute atomic E-state index is 0.301. The first-order valence-corrected chi connectivity index (χ1v) is 9.52. The summed E-state index contributed by atoms with van der Waals surface area (Å²) in [5.41, 5.74) is 5.48. The van der Waals surface area contributed by atoms with Gasteiger partial charge < -0.3 is 10.6 Å². The average molecular weight is 361 g/mol. The van der Waals surface area contributed by atoms with Crippen LogP contribution in [0.1, 0.15) is 38.3 Å². The highest BCUT2D eigenvalue weighted by Gasteiger charge is 2.11. The predicted molar refractivity (Wildman–Crippen MR) is 112 cm³/mol. The highest BCUT2D eigenvalue weighted by atomic mass is 15.2. The molecular weight excluding hydrogens is 334 g/mol. The van der Waals surface area contributed by atoms with Crippen LogP contribution in [0, 0.1) is 6.92 Å². The Morgan fingerprint density at radius 3 is 2.52 bits per heavy atom. The molecule has 0 radical (unpaired) electrons. The van der Waals surface area contributed by atoms with Crippen molar-refractivity contribution in [3.8, 4) is 11.3 Å². The molecule has 5 nitrogen and oxygen atoms in total. The maximum Gasteiger partial charge on any atom is 0.225 e. The Bertz CT molecular complexity index is 892. The lowest BCUT2D eigenvalue weighted by atomic mass is 10.1. The number of anilines is 3. The maximum absolute atomic E-state index is 4.71. The van der Waals surface area contributed by atoms with Gasteiger partial charge in [-0.3, -0.25) is 4.98 Å². The monoisotopic (exact) mass is 361 g/mol. The smallest absolute Gasteiger partial charge is 0.225 e. The molecule has 0 fully saturated rings. The van der Waals surface area contributed by atoms with Crippen molar-refractivity contribution in [2.45, 2.75) is 46.6 Å². The lowest BCUT2D eigenvalue weighted by Gasteiger charge is -2.17. The molecule has 0 aliphatic heterocycles. The fourth-order valence-electron chi connectivity index (χ4n) is 2.90. The molecule has 0 amide bonds. The molecule has 0 spiro atoms. The van der Waals surface area contributed by atoms with Crippen LogP contribution >= 0.6 is 0 Å². The van der Waals surface area contributed by atoms with Gasteiger partial charge in [0.1, 0.15) is 5.82 Å². The maximum atomic E-state index is 4.71. The number of nitrogens with one attached hydrogen (secondary N) is 2. The number of aryl methyl sites for hydroxylation is 2. The zero-order valence-electron chi connectivity index (χ0n) is 16.5. The fourth-order valence-corrected chi connectivity index (χ4v) is 2.90. The minimum atomic E-state index is 0.301. The Kier molecular flexibility index (Phi) is 6.01. The number of hydrogen-bond donors (Lipinski definition) is 2. The largest absolute Gasteiger partial charge is 0.352 e.